The molecule has 0 aromatic heterocycles. The Labute approximate surface area is 99.0 Å². The molecule has 0 bridgehead atoms. The van der Waals surface area contributed by atoms with Crippen LogP contribution in [0.1, 0.15) is 44.2 Å². The average molecular weight is 217 g/mol. The molecule has 1 heteroatoms. The Morgan fingerprint density at radius 3 is 2.19 bits per heavy atom. The van der Waals surface area contributed by atoms with Gasteiger partial charge in [-0.2, -0.15) is 0 Å². The summed E-state index contributed by atoms with van der Waals surface area (Å²) in [5.41, 5.74) is 9.47. The minimum absolute atomic E-state index is 0.304. The van der Waals surface area contributed by atoms with Crippen molar-refractivity contribution in [1.29, 1.82) is 0 Å². The van der Waals surface area contributed by atoms with Gasteiger partial charge in [-0.1, -0.05) is 43.7 Å². The van der Waals surface area contributed by atoms with Crippen LogP contribution in [0, 0.1) is 12.8 Å². The van der Waals surface area contributed by atoms with Gasteiger partial charge in [-0.05, 0) is 37.7 Å². The van der Waals surface area contributed by atoms with Crippen LogP contribution in [0.15, 0.2) is 24.3 Å². The SMILES string of the molecule is Cc1ccc(C2(C(N)CC(C)C)CC2)cc1. The maximum atomic E-state index is 6.38. The maximum absolute atomic E-state index is 6.38. The molecule has 1 unspecified atom stereocenters. The van der Waals surface area contributed by atoms with E-state index in [1.807, 2.05) is 0 Å². The molecule has 2 rings (SSSR count). The fourth-order valence-corrected chi connectivity index (χ4v) is 2.63. The smallest absolute Gasteiger partial charge is 0.0139 e. The van der Waals surface area contributed by atoms with Crippen molar-refractivity contribution in [3.63, 3.8) is 0 Å². The Morgan fingerprint density at radius 2 is 1.75 bits per heavy atom. The van der Waals surface area contributed by atoms with Gasteiger partial charge in [0, 0.05) is 11.5 Å². The predicted molar refractivity (Wildman–Crippen MR) is 69.5 cm³/mol. The molecule has 0 heterocycles. The summed E-state index contributed by atoms with van der Waals surface area (Å²) in [5.74, 6) is 0.693. The zero-order valence-electron chi connectivity index (χ0n) is 10.7. The van der Waals surface area contributed by atoms with Crippen LogP contribution in [0.2, 0.25) is 0 Å². The monoisotopic (exact) mass is 217 g/mol. The molecule has 1 atom stereocenters. The van der Waals surface area contributed by atoms with Gasteiger partial charge in [-0.25, -0.2) is 0 Å². The highest BCUT2D eigenvalue weighted by molar-refractivity contribution is 5.35. The molecule has 1 nitrogen and oxygen atoms in total. The number of hydrogen-bond acceptors (Lipinski definition) is 1. The van der Waals surface area contributed by atoms with Gasteiger partial charge < -0.3 is 5.73 Å². The second kappa shape index (κ2) is 4.21. The summed E-state index contributed by atoms with van der Waals surface area (Å²) in [5, 5.41) is 0. The topological polar surface area (TPSA) is 26.0 Å². The van der Waals surface area contributed by atoms with E-state index in [4.69, 9.17) is 5.73 Å². The third-order valence-electron chi connectivity index (χ3n) is 3.85. The third kappa shape index (κ3) is 2.15. The Balaban J connectivity index is 2.16. The lowest BCUT2D eigenvalue weighted by atomic mass is 9.84. The Bertz CT molecular complexity index is 346. The Morgan fingerprint density at radius 1 is 1.19 bits per heavy atom. The molecule has 0 amide bonds. The fourth-order valence-electron chi connectivity index (χ4n) is 2.63. The lowest BCUT2D eigenvalue weighted by Gasteiger charge is -2.25. The summed E-state index contributed by atoms with van der Waals surface area (Å²) in [4.78, 5) is 0. The summed E-state index contributed by atoms with van der Waals surface area (Å²) in [6.45, 7) is 6.65. The van der Waals surface area contributed by atoms with Crippen molar-refractivity contribution in [3.05, 3.63) is 35.4 Å². The van der Waals surface area contributed by atoms with Crippen LogP contribution in [0.25, 0.3) is 0 Å². The molecule has 1 aromatic carbocycles. The number of hydrogen-bond donors (Lipinski definition) is 1. The van der Waals surface area contributed by atoms with E-state index in [1.165, 1.54) is 24.0 Å². The highest BCUT2D eigenvalue weighted by atomic mass is 14.7. The molecule has 2 N–H and O–H groups in total. The van der Waals surface area contributed by atoms with Gasteiger partial charge in [0.2, 0.25) is 0 Å². The van der Waals surface area contributed by atoms with Crippen LogP contribution in [-0.2, 0) is 5.41 Å². The summed E-state index contributed by atoms with van der Waals surface area (Å²) in [7, 11) is 0. The van der Waals surface area contributed by atoms with Gasteiger partial charge in [-0.15, -0.1) is 0 Å². The first-order valence-corrected chi connectivity index (χ1v) is 6.37. The van der Waals surface area contributed by atoms with Crippen LogP contribution in [0.5, 0.6) is 0 Å². The van der Waals surface area contributed by atoms with Gasteiger partial charge >= 0.3 is 0 Å². The van der Waals surface area contributed by atoms with E-state index in [0.29, 0.717) is 17.4 Å². The largest absolute Gasteiger partial charge is 0.327 e. The summed E-state index contributed by atoms with van der Waals surface area (Å²) in [6.07, 6.45) is 3.67. The molecule has 0 spiro atoms. The first kappa shape index (κ1) is 11.7. The number of rotatable bonds is 4. The molecule has 1 fully saturated rings. The van der Waals surface area contributed by atoms with Crippen molar-refractivity contribution in [3.8, 4) is 0 Å². The van der Waals surface area contributed by atoms with Crippen LogP contribution in [0.4, 0.5) is 0 Å². The van der Waals surface area contributed by atoms with Gasteiger partial charge in [-0.3, -0.25) is 0 Å². The second-order valence-electron chi connectivity index (χ2n) is 5.76. The Kier molecular flexibility index (Phi) is 3.07. The highest BCUT2D eigenvalue weighted by Crippen LogP contribution is 2.51. The molecular formula is C15H23N. The lowest BCUT2D eigenvalue weighted by molar-refractivity contribution is 0.420. The standard InChI is InChI=1S/C15H23N/c1-11(2)10-14(16)15(8-9-15)13-6-4-12(3)5-7-13/h4-7,11,14H,8-10,16H2,1-3H3. The number of nitrogens with two attached hydrogens (primary N) is 1. The normalized spacial score (nSPS) is 19.8. The van der Waals surface area contributed by atoms with Crippen molar-refractivity contribution < 1.29 is 0 Å². The van der Waals surface area contributed by atoms with Crippen LogP contribution in [0.3, 0.4) is 0 Å². The molecule has 0 radical (unpaired) electrons. The lowest BCUT2D eigenvalue weighted by Crippen LogP contribution is -2.36. The van der Waals surface area contributed by atoms with E-state index < -0.39 is 0 Å². The molecule has 88 valence electrons. The van der Waals surface area contributed by atoms with E-state index in [0.717, 1.165) is 6.42 Å². The molecule has 1 aromatic rings. The first-order valence-electron chi connectivity index (χ1n) is 6.37. The van der Waals surface area contributed by atoms with Gasteiger partial charge in [0.25, 0.3) is 0 Å². The molecule has 0 saturated heterocycles. The Hall–Kier alpha value is -0.820. The minimum Gasteiger partial charge on any atom is -0.327 e. The van der Waals surface area contributed by atoms with Crippen LogP contribution < -0.4 is 5.73 Å². The highest BCUT2D eigenvalue weighted by Gasteiger charge is 2.48. The second-order valence-corrected chi connectivity index (χ2v) is 5.76. The van der Waals surface area contributed by atoms with E-state index in [-0.39, 0.29) is 0 Å². The van der Waals surface area contributed by atoms with E-state index >= 15 is 0 Å². The average Bonchev–Trinajstić information content (AvgIpc) is 2.98. The van der Waals surface area contributed by atoms with Crippen molar-refractivity contribution in [2.24, 2.45) is 11.7 Å². The van der Waals surface area contributed by atoms with E-state index in [9.17, 15) is 0 Å². The molecule has 16 heavy (non-hydrogen) atoms. The maximum Gasteiger partial charge on any atom is 0.0139 e. The van der Waals surface area contributed by atoms with Crippen LogP contribution in [-0.4, -0.2) is 6.04 Å². The molecule has 0 aliphatic heterocycles. The minimum atomic E-state index is 0.304. The molecule has 1 saturated carbocycles. The zero-order valence-corrected chi connectivity index (χ0v) is 10.7. The van der Waals surface area contributed by atoms with Gasteiger partial charge in [0.05, 0.1) is 0 Å². The van der Waals surface area contributed by atoms with Crippen molar-refractivity contribution >= 4 is 0 Å². The third-order valence-corrected chi connectivity index (χ3v) is 3.85. The van der Waals surface area contributed by atoms with Crippen molar-refractivity contribution in [2.45, 2.75) is 51.5 Å². The zero-order chi connectivity index (χ0) is 11.8. The molecule has 1 aliphatic carbocycles. The fraction of sp³-hybridized carbons (Fsp3) is 0.600. The van der Waals surface area contributed by atoms with Crippen LogP contribution >= 0.6 is 0 Å². The quantitative estimate of drug-likeness (QED) is 0.822. The predicted octanol–water partition coefficient (Wildman–Crippen LogP) is 3.40. The van der Waals surface area contributed by atoms with Crippen molar-refractivity contribution in [2.75, 3.05) is 0 Å². The van der Waals surface area contributed by atoms with Gasteiger partial charge in [0.1, 0.15) is 0 Å². The first-order chi connectivity index (χ1) is 7.54. The summed E-state index contributed by atoms with van der Waals surface area (Å²) in [6, 6.07) is 9.27. The summed E-state index contributed by atoms with van der Waals surface area (Å²) < 4.78 is 0. The molecule has 1 aliphatic rings. The van der Waals surface area contributed by atoms with Gasteiger partial charge in [0.15, 0.2) is 0 Å². The number of benzene rings is 1. The van der Waals surface area contributed by atoms with Crippen molar-refractivity contribution in [1.82, 2.24) is 0 Å². The molecular weight excluding hydrogens is 194 g/mol. The van der Waals surface area contributed by atoms with E-state index in [2.05, 4.69) is 45.0 Å². The van der Waals surface area contributed by atoms with E-state index in [1.54, 1.807) is 0 Å². The number of aryl methyl sites for hydroxylation is 1. The summed E-state index contributed by atoms with van der Waals surface area (Å²) >= 11 is 0.